The zero-order valence-corrected chi connectivity index (χ0v) is 9.31. The summed E-state index contributed by atoms with van der Waals surface area (Å²) in [6, 6.07) is 7.88. The maximum atomic E-state index is 5.67. The van der Waals surface area contributed by atoms with Crippen molar-refractivity contribution in [1.29, 1.82) is 0 Å². The van der Waals surface area contributed by atoms with Gasteiger partial charge in [0.25, 0.3) is 0 Å². The van der Waals surface area contributed by atoms with Crippen molar-refractivity contribution in [2.45, 2.75) is 13.3 Å². The maximum Gasteiger partial charge on any atom is 0.220 e. The van der Waals surface area contributed by atoms with Gasteiger partial charge in [0.2, 0.25) is 5.95 Å². The molecule has 0 radical (unpaired) electrons. The molecule has 0 saturated carbocycles. The Morgan fingerprint density at radius 1 is 1.25 bits per heavy atom. The summed E-state index contributed by atoms with van der Waals surface area (Å²) in [5.41, 5.74) is 7.51. The molecule has 4 nitrogen and oxygen atoms in total. The second kappa shape index (κ2) is 4.90. The van der Waals surface area contributed by atoms with Crippen LogP contribution in [0.15, 0.2) is 24.3 Å². The van der Waals surface area contributed by atoms with Crippen molar-refractivity contribution in [3.05, 3.63) is 30.0 Å². The Morgan fingerprint density at radius 2 is 2.06 bits per heavy atom. The first-order chi connectivity index (χ1) is 7.81. The number of nitrogens with two attached hydrogens (primary N) is 1. The highest BCUT2D eigenvalue weighted by Gasteiger charge is 2.05. The number of para-hydroxylation sites is 1. The first-order valence-corrected chi connectivity index (χ1v) is 5.40. The van der Waals surface area contributed by atoms with E-state index in [0.29, 0.717) is 12.6 Å². The second-order valence-corrected chi connectivity index (χ2v) is 3.49. The molecule has 0 fully saturated rings. The summed E-state index contributed by atoms with van der Waals surface area (Å²) in [7, 11) is 0. The van der Waals surface area contributed by atoms with E-state index in [9.17, 15) is 0 Å². The van der Waals surface area contributed by atoms with Crippen molar-refractivity contribution in [2.75, 3.05) is 18.9 Å². The minimum absolute atomic E-state index is 0.324. The molecule has 16 heavy (non-hydrogen) atoms. The number of hydrogen-bond acceptors (Lipinski definition) is 4. The summed E-state index contributed by atoms with van der Waals surface area (Å²) in [5, 5.41) is 1.05. The average Bonchev–Trinajstić information content (AvgIpc) is 2.29. The van der Waals surface area contributed by atoms with Gasteiger partial charge >= 0.3 is 0 Å². The fourth-order valence-corrected chi connectivity index (χ4v) is 1.67. The van der Waals surface area contributed by atoms with Gasteiger partial charge in [-0.25, -0.2) is 9.97 Å². The normalized spacial score (nSPS) is 10.8. The van der Waals surface area contributed by atoms with E-state index < -0.39 is 0 Å². The molecule has 1 heterocycles. The number of fused-ring (bicyclic) bond motifs is 1. The van der Waals surface area contributed by atoms with Crippen LogP contribution in [0.2, 0.25) is 0 Å². The molecule has 84 valence electrons. The summed E-state index contributed by atoms with van der Waals surface area (Å²) in [5.74, 6) is 0.324. The van der Waals surface area contributed by atoms with Crippen LogP contribution in [0.4, 0.5) is 5.95 Å². The maximum absolute atomic E-state index is 5.67. The van der Waals surface area contributed by atoms with Crippen LogP contribution < -0.4 is 5.73 Å². The Morgan fingerprint density at radius 3 is 2.88 bits per heavy atom. The van der Waals surface area contributed by atoms with Crippen LogP contribution in [-0.2, 0) is 11.2 Å². The minimum Gasteiger partial charge on any atom is -0.381 e. The summed E-state index contributed by atoms with van der Waals surface area (Å²) < 4.78 is 5.32. The summed E-state index contributed by atoms with van der Waals surface area (Å²) in [6.07, 6.45) is 0.765. The zero-order valence-electron chi connectivity index (χ0n) is 9.31. The van der Waals surface area contributed by atoms with Crippen molar-refractivity contribution in [2.24, 2.45) is 0 Å². The van der Waals surface area contributed by atoms with E-state index in [2.05, 4.69) is 9.97 Å². The third-order valence-electron chi connectivity index (χ3n) is 2.39. The Kier molecular flexibility index (Phi) is 3.31. The van der Waals surface area contributed by atoms with Crippen LogP contribution >= 0.6 is 0 Å². The topological polar surface area (TPSA) is 61.0 Å². The standard InChI is InChI=1S/C12H15N3O/c1-2-16-8-7-11-9-5-3-4-6-10(9)14-12(13)15-11/h3-6H,2,7-8H2,1H3,(H2,13,14,15). The summed E-state index contributed by atoms with van der Waals surface area (Å²) in [4.78, 5) is 8.45. The highest BCUT2D eigenvalue weighted by Crippen LogP contribution is 2.16. The van der Waals surface area contributed by atoms with Gasteiger partial charge in [0.05, 0.1) is 17.8 Å². The monoisotopic (exact) mass is 217 g/mol. The van der Waals surface area contributed by atoms with Crippen molar-refractivity contribution >= 4 is 16.9 Å². The Balaban J connectivity index is 2.34. The molecule has 2 rings (SSSR count). The van der Waals surface area contributed by atoms with Gasteiger partial charge in [0, 0.05) is 18.4 Å². The van der Waals surface area contributed by atoms with E-state index in [4.69, 9.17) is 10.5 Å². The van der Waals surface area contributed by atoms with E-state index >= 15 is 0 Å². The molecule has 0 spiro atoms. The number of rotatable bonds is 4. The highest BCUT2D eigenvalue weighted by atomic mass is 16.5. The van der Waals surface area contributed by atoms with Gasteiger partial charge in [-0.3, -0.25) is 0 Å². The molecular formula is C12H15N3O. The quantitative estimate of drug-likeness (QED) is 0.793. The molecule has 0 bridgehead atoms. The van der Waals surface area contributed by atoms with Crippen LogP contribution in [0.5, 0.6) is 0 Å². The van der Waals surface area contributed by atoms with Crippen molar-refractivity contribution < 1.29 is 4.74 Å². The lowest BCUT2D eigenvalue weighted by Crippen LogP contribution is -2.04. The number of anilines is 1. The van der Waals surface area contributed by atoms with Gasteiger partial charge in [0.15, 0.2) is 0 Å². The first-order valence-electron chi connectivity index (χ1n) is 5.40. The summed E-state index contributed by atoms with van der Waals surface area (Å²) in [6.45, 7) is 3.36. The minimum atomic E-state index is 0.324. The van der Waals surface area contributed by atoms with Crippen LogP contribution in [0.3, 0.4) is 0 Å². The Labute approximate surface area is 94.5 Å². The zero-order chi connectivity index (χ0) is 11.4. The third-order valence-corrected chi connectivity index (χ3v) is 2.39. The molecule has 0 saturated heterocycles. The lowest BCUT2D eigenvalue weighted by molar-refractivity contribution is 0.150. The van der Waals surface area contributed by atoms with Gasteiger partial charge in [-0.1, -0.05) is 18.2 Å². The number of aromatic nitrogens is 2. The molecule has 0 aliphatic rings. The first kappa shape index (κ1) is 10.8. The van der Waals surface area contributed by atoms with Gasteiger partial charge < -0.3 is 10.5 Å². The third kappa shape index (κ3) is 2.28. The Hall–Kier alpha value is -1.68. The van der Waals surface area contributed by atoms with Gasteiger partial charge in [-0.2, -0.15) is 0 Å². The molecule has 2 aromatic rings. The van der Waals surface area contributed by atoms with E-state index in [1.54, 1.807) is 0 Å². The number of ether oxygens (including phenoxy) is 1. The number of hydrogen-bond donors (Lipinski definition) is 1. The molecule has 2 N–H and O–H groups in total. The molecular weight excluding hydrogens is 202 g/mol. The number of benzene rings is 1. The van der Waals surface area contributed by atoms with Gasteiger partial charge in [-0.05, 0) is 13.0 Å². The molecule has 4 heteroatoms. The lowest BCUT2D eigenvalue weighted by atomic mass is 10.1. The molecule has 0 aliphatic heterocycles. The van der Waals surface area contributed by atoms with Crippen LogP contribution in [0, 0.1) is 0 Å². The second-order valence-electron chi connectivity index (χ2n) is 3.49. The van der Waals surface area contributed by atoms with Gasteiger partial charge in [0.1, 0.15) is 0 Å². The number of nitrogen functional groups attached to an aromatic ring is 1. The molecule has 0 amide bonds. The number of nitrogens with zero attached hydrogens (tertiary/aromatic N) is 2. The van der Waals surface area contributed by atoms with Gasteiger partial charge in [-0.15, -0.1) is 0 Å². The smallest absolute Gasteiger partial charge is 0.220 e. The Bertz CT molecular complexity index is 485. The van der Waals surface area contributed by atoms with E-state index in [1.165, 1.54) is 0 Å². The largest absolute Gasteiger partial charge is 0.381 e. The SMILES string of the molecule is CCOCCc1nc(N)nc2ccccc12. The van der Waals surface area contributed by atoms with Crippen LogP contribution in [0.25, 0.3) is 10.9 Å². The predicted molar refractivity (Wildman–Crippen MR) is 64.1 cm³/mol. The van der Waals surface area contributed by atoms with E-state index in [-0.39, 0.29) is 0 Å². The lowest BCUT2D eigenvalue weighted by Gasteiger charge is -2.06. The van der Waals surface area contributed by atoms with E-state index in [1.807, 2.05) is 31.2 Å². The molecule has 1 aromatic carbocycles. The van der Waals surface area contributed by atoms with Crippen molar-refractivity contribution in [1.82, 2.24) is 9.97 Å². The van der Waals surface area contributed by atoms with Crippen molar-refractivity contribution in [3.63, 3.8) is 0 Å². The highest BCUT2D eigenvalue weighted by molar-refractivity contribution is 5.81. The molecule has 0 unspecified atom stereocenters. The van der Waals surface area contributed by atoms with Crippen LogP contribution in [0.1, 0.15) is 12.6 Å². The van der Waals surface area contributed by atoms with Crippen LogP contribution in [-0.4, -0.2) is 23.2 Å². The molecule has 0 aliphatic carbocycles. The van der Waals surface area contributed by atoms with E-state index in [0.717, 1.165) is 29.6 Å². The molecule has 1 aromatic heterocycles. The summed E-state index contributed by atoms with van der Waals surface area (Å²) >= 11 is 0. The van der Waals surface area contributed by atoms with Crippen molar-refractivity contribution in [3.8, 4) is 0 Å². The average molecular weight is 217 g/mol. The predicted octanol–water partition coefficient (Wildman–Crippen LogP) is 1.79. The fraction of sp³-hybridized carbons (Fsp3) is 0.333. The fourth-order valence-electron chi connectivity index (χ4n) is 1.67. The molecule has 0 atom stereocenters.